The number of anilines is 1. The molecule has 0 bridgehead atoms. The molecule has 0 fully saturated rings. The molecule has 17 heavy (non-hydrogen) atoms. The number of aliphatic hydroxyl groups is 1. The summed E-state index contributed by atoms with van der Waals surface area (Å²) in [5.41, 5.74) is 2.10. The van der Waals surface area contributed by atoms with E-state index in [1.54, 1.807) is 11.8 Å². The average Bonchev–Trinajstić information content (AvgIpc) is 2.27. The van der Waals surface area contributed by atoms with Crippen molar-refractivity contribution in [2.75, 3.05) is 11.9 Å². The molecule has 0 aliphatic carbocycles. The first kappa shape index (κ1) is 12.5. The molecule has 0 unspecified atom stereocenters. The fourth-order valence-electron chi connectivity index (χ4n) is 1.79. The van der Waals surface area contributed by atoms with Crippen LogP contribution in [0.25, 0.3) is 0 Å². The third-order valence-corrected chi connectivity index (χ3v) is 4.08. The van der Waals surface area contributed by atoms with E-state index in [-0.39, 0.29) is 12.5 Å². The summed E-state index contributed by atoms with van der Waals surface area (Å²) in [6.07, 6.45) is 1.65. The number of aryl methyl sites for hydroxylation is 1. The van der Waals surface area contributed by atoms with Crippen molar-refractivity contribution < 1.29 is 9.90 Å². The quantitative estimate of drug-likeness (QED) is 0.867. The molecule has 1 aromatic rings. The number of nitrogens with one attached hydrogen (secondary N) is 1. The zero-order valence-corrected chi connectivity index (χ0v) is 10.9. The van der Waals surface area contributed by atoms with Gasteiger partial charge in [-0.2, -0.15) is 0 Å². The van der Waals surface area contributed by atoms with E-state index in [0.717, 1.165) is 23.4 Å². The normalized spacial score (nSPS) is 17.5. The number of rotatable bonds is 3. The van der Waals surface area contributed by atoms with Gasteiger partial charge in [-0.1, -0.05) is 6.07 Å². The molecule has 1 amide bonds. The van der Waals surface area contributed by atoms with Crippen molar-refractivity contribution in [1.29, 1.82) is 0 Å². The van der Waals surface area contributed by atoms with E-state index < -0.39 is 4.75 Å². The number of benzene rings is 1. The summed E-state index contributed by atoms with van der Waals surface area (Å²) >= 11 is 1.60. The molecule has 2 rings (SSSR count). The number of amides is 1. The lowest BCUT2D eigenvalue weighted by molar-refractivity contribution is -0.117. The van der Waals surface area contributed by atoms with Crippen LogP contribution in [0.3, 0.4) is 0 Å². The van der Waals surface area contributed by atoms with Crippen LogP contribution in [0.4, 0.5) is 5.69 Å². The Bertz CT molecular complexity index is 443. The Morgan fingerprint density at radius 2 is 2.18 bits per heavy atom. The van der Waals surface area contributed by atoms with E-state index in [2.05, 4.69) is 11.4 Å². The molecule has 0 spiro atoms. The zero-order valence-electron chi connectivity index (χ0n) is 10.1. The van der Waals surface area contributed by atoms with Crippen LogP contribution >= 0.6 is 11.8 Å². The van der Waals surface area contributed by atoms with Gasteiger partial charge in [0, 0.05) is 11.5 Å². The third-order valence-electron chi connectivity index (χ3n) is 2.83. The predicted octanol–water partition coefficient (Wildman–Crippen LogP) is 2.43. The molecule has 1 aromatic carbocycles. The minimum absolute atomic E-state index is 0.0538. The largest absolute Gasteiger partial charge is 0.396 e. The van der Waals surface area contributed by atoms with Gasteiger partial charge in [-0.05, 0) is 44.4 Å². The Hall–Kier alpha value is -1.00. The topological polar surface area (TPSA) is 49.3 Å². The highest BCUT2D eigenvalue weighted by Gasteiger charge is 2.34. The van der Waals surface area contributed by atoms with Crippen LogP contribution in [-0.2, 0) is 11.2 Å². The van der Waals surface area contributed by atoms with Gasteiger partial charge < -0.3 is 10.4 Å². The summed E-state index contributed by atoms with van der Waals surface area (Å²) in [5, 5.41) is 11.7. The molecular formula is C13H17NO2S. The molecule has 0 aromatic heterocycles. The summed E-state index contributed by atoms with van der Waals surface area (Å²) in [6.45, 7) is 4.07. The second-order valence-corrected chi connectivity index (χ2v) is 6.39. The van der Waals surface area contributed by atoms with Crippen LogP contribution in [0, 0.1) is 0 Å². The fourth-order valence-corrected chi connectivity index (χ4v) is 2.92. The molecule has 0 saturated heterocycles. The van der Waals surface area contributed by atoms with Crippen molar-refractivity contribution in [3.8, 4) is 0 Å². The van der Waals surface area contributed by atoms with Crippen molar-refractivity contribution in [2.45, 2.75) is 36.3 Å². The van der Waals surface area contributed by atoms with Gasteiger partial charge in [0.15, 0.2) is 0 Å². The highest BCUT2D eigenvalue weighted by Crippen LogP contribution is 2.42. The lowest BCUT2D eigenvalue weighted by atomic mass is 10.1. The van der Waals surface area contributed by atoms with Crippen LogP contribution in [0.15, 0.2) is 23.1 Å². The molecule has 3 nitrogen and oxygen atoms in total. The summed E-state index contributed by atoms with van der Waals surface area (Å²) in [5.74, 6) is 0.0538. The number of carbonyl (C=O) groups is 1. The van der Waals surface area contributed by atoms with Gasteiger partial charge in [-0.3, -0.25) is 4.79 Å². The molecular weight excluding hydrogens is 234 g/mol. The van der Waals surface area contributed by atoms with Gasteiger partial charge in [-0.25, -0.2) is 0 Å². The van der Waals surface area contributed by atoms with E-state index in [1.807, 2.05) is 26.0 Å². The van der Waals surface area contributed by atoms with Gasteiger partial charge in [-0.15, -0.1) is 11.8 Å². The van der Waals surface area contributed by atoms with Gasteiger partial charge in [0.25, 0.3) is 0 Å². The SMILES string of the molecule is CC1(C)Sc2cc(CCCO)ccc2NC1=O. The highest BCUT2D eigenvalue weighted by atomic mass is 32.2. The number of carbonyl (C=O) groups excluding carboxylic acids is 1. The predicted molar refractivity (Wildman–Crippen MR) is 70.4 cm³/mol. The van der Waals surface area contributed by atoms with Gasteiger partial charge in [0.05, 0.1) is 10.4 Å². The minimum Gasteiger partial charge on any atom is -0.396 e. The van der Waals surface area contributed by atoms with Crippen LogP contribution in [0.1, 0.15) is 25.8 Å². The van der Waals surface area contributed by atoms with Gasteiger partial charge in [0.2, 0.25) is 5.91 Å². The van der Waals surface area contributed by atoms with Crippen LogP contribution in [0.5, 0.6) is 0 Å². The van der Waals surface area contributed by atoms with Crippen molar-refractivity contribution in [3.05, 3.63) is 23.8 Å². The highest BCUT2D eigenvalue weighted by molar-refractivity contribution is 8.01. The maximum atomic E-state index is 11.8. The molecule has 92 valence electrons. The number of aliphatic hydroxyl groups excluding tert-OH is 1. The van der Waals surface area contributed by atoms with Gasteiger partial charge >= 0.3 is 0 Å². The maximum absolute atomic E-state index is 11.8. The second-order valence-electron chi connectivity index (χ2n) is 4.72. The monoisotopic (exact) mass is 251 g/mol. The first-order valence-corrected chi connectivity index (χ1v) is 6.59. The summed E-state index contributed by atoms with van der Waals surface area (Å²) in [7, 11) is 0. The Morgan fingerprint density at radius 3 is 2.88 bits per heavy atom. The Labute approximate surface area is 106 Å². The van der Waals surface area contributed by atoms with E-state index in [4.69, 9.17) is 5.11 Å². The Balaban J connectivity index is 2.24. The van der Waals surface area contributed by atoms with Crippen LogP contribution < -0.4 is 5.32 Å². The molecule has 4 heteroatoms. The van der Waals surface area contributed by atoms with Crippen molar-refractivity contribution in [2.24, 2.45) is 0 Å². The Morgan fingerprint density at radius 1 is 1.41 bits per heavy atom. The van der Waals surface area contributed by atoms with E-state index in [1.165, 1.54) is 5.56 Å². The standard InChI is InChI=1S/C13H17NO2S/c1-13(2)12(16)14-10-6-5-9(4-3-7-15)8-11(10)17-13/h5-6,8,15H,3-4,7H2,1-2H3,(H,14,16). The minimum atomic E-state index is -0.414. The van der Waals surface area contributed by atoms with E-state index in [0.29, 0.717) is 0 Å². The van der Waals surface area contributed by atoms with Crippen molar-refractivity contribution in [3.63, 3.8) is 0 Å². The molecule has 1 aliphatic heterocycles. The molecule has 2 N–H and O–H groups in total. The molecule has 0 atom stereocenters. The number of hydrogen-bond donors (Lipinski definition) is 2. The first-order chi connectivity index (χ1) is 8.03. The fraction of sp³-hybridized carbons (Fsp3) is 0.462. The van der Waals surface area contributed by atoms with E-state index in [9.17, 15) is 4.79 Å². The lowest BCUT2D eigenvalue weighted by Crippen LogP contribution is -2.37. The lowest BCUT2D eigenvalue weighted by Gasteiger charge is -2.30. The number of thioether (sulfide) groups is 1. The number of fused-ring (bicyclic) bond motifs is 1. The summed E-state index contributed by atoms with van der Waals surface area (Å²) in [6, 6.07) is 6.06. The van der Waals surface area contributed by atoms with Gasteiger partial charge in [0.1, 0.15) is 0 Å². The molecule has 1 aliphatic rings. The average molecular weight is 251 g/mol. The van der Waals surface area contributed by atoms with Crippen LogP contribution in [0.2, 0.25) is 0 Å². The van der Waals surface area contributed by atoms with Crippen molar-refractivity contribution in [1.82, 2.24) is 0 Å². The molecule has 1 heterocycles. The van der Waals surface area contributed by atoms with E-state index >= 15 is 0 Å². The van der Waals surface area contributed by atoms with Crippen LogP contribution in [-0.4, -0.2) is 22.4 Å². The smallest absolute Gasteiger partial charge is 0.240 e. The molecule has 0 radical (unpaired) electrons. The molecule has 0 saturated carbocycles. The number of hydrogen-bond acceptors (Lipinski definition) is 3. The third kappa shape index (κ3) is 2.64. The summed E-state index contributed by atoms with van der Waals surface area (Å²) in [4.78, 5) is 12.9. The van der Waals surface area contributed by atoms with Crippen molar-refractivity contribution >= 4 is 23.4 Å². The second kappa shape index (κ2) is 4.70. The zero-order chi connectivity index (χ0) is 12.5. The maximum Gasteiger partial charge on any atom is 0.240 e. The first-order valence-electron chi connectivity index (χ1n) is 5.77. The Kier molecular flexibility index (Phi) is 3.45. The summed E-state index contributed by atoms with van der Waals surface area (Å²) < 4.78 is -0.414.